The number of aryl methyl sites for hydroxylation is 1. The summed E-state index contributed by atoms with van der Waals surface area (Å²) in [4.78, 5) is 18.5. The molecule has 2 amide bonds. The Morgan fingerprint density at radius 1 is 1.41 bits per heavy atom. The molecule has 1 atom stereocenters. The Morgan fingerprint density at radius 3 is 2.82 bits per heavy atom. The highest BCUT2D eigenvalue weighted by molar-refractivity contribution is 5.74. The van der Waals surface area contributed by atoms with Gasteiger partial charge in [0.15, 0.2) is 0 Å². The van der Waals surface area contributed by atoms with E-state index in [1.165, 1.54) is 0 Å². The third kappa shape index (κ3) is 4.35. The lowest BCUT2D eigenvalue weighted by Gasteiger charge is -2.24. The number of amides is 2. The second-order valence-electron chi connectivity index (χ2n) is 5.41. The number of furan rings is 1. The topological polar surface area (TPSA) is 58.4 Å². The van der Waals surface area contributed by atoms with Crippen molar-refractivity contribution < 1.29 is 9.21 Å². The zero-order valence-corrected chi connectivity index (χ0v) is 13.4. The van der Waals surface area contributed by atoms with Crippen molar-refractivity contribution in [2.24, 2.45) is 0 Å². The van der Waals surface area contributed by atoms with E-state index >= 15 is 0 Å². The van der Waals surface area contributed by atoms with E-state index in [4.69, 9.17) is 4.42 Å². The standard InChI is InChI=1S/C17H23N3O2/c1-4-9-20(12-16-6-5-10-22-16)17(21)19-14(3)15-8-7-13(2)18-11-15/h5-8,10-11,14H,4,9,12H2,1-3H3,(H,19,21)/t14-/m0/s1. The summed E-state index contributed by atoms with van der Waals surface area (Å²) in [5.74, 6) is 0.785. The summed E-state index contributed by atoms with van der Waals surface area (Å²) in [6, 6.07) is 7.47. The van der Waals surface area contributed by atoms with Crippen molar-refractivity contribution in [1.29, 1.82) is 0 Å². The van der Waals surface area contributed by atoms with E-state index in [0.717, 1.165) is 23.4 Å². The third-order valence-corrected chi connectivity index (χ3v) is 3.48. The highest BCUT2D eigenvalue weighted by atomic mass is 16.3. The number of urea groups is 1. The Bertz CT molecular complexity index is 578. The lowest BCUT2D eigenvalue weighted by atomic mass is 10.1. The van der Waals surface area contributed by atoms with Gasteiger partial charge in [0.2, 0.25) is 0 Å². The Labute approximate surface area is 131 Å². The first-order chi connectivity index (χ1) is 10.6. The molecule has 0 spiro atoms. The molecule has 1 N–H and O–H groups in total. The van der Waals surface area contributed by atoms with Gasteiger partial charge in [-0.05, 0) is 44.0 Å². The van der Waals surface area contributed by atoms with Gasteiger partial charge in [-0.25, -0.2) is 4.79 Å². The van der Waals surface area contributed by atoms with Crippen LogP contribution in [0.2, 0.25) is 0 Å². The van der Waals surface area contributed by atoms with Crippen LogP contribution >= 0.6 is 0 Å². The zero-order chi connectivity index (χ0) is 15.9. The number of hydrogen-bond donors (Lipinski definition) is 1. The molecule has 0 aliphatic heterocycles. The minimum absolute atomic E-state index is 0.0865. The predicted octanol–water partition coefficient (Wildman–Crippen LogP) is 3.67. The van der Waals surface area contributed by atoms with Gasteiger partial charge in [0.1, 0.15) is 5.76 Å². The molecule has 118 valence electrons. The van der Waals surface area contributed by atoms with E-state index in [2.05, 4.69) is 17.2 Å². The molecule has 5 heteroatoms. The minimum Gasteiger partial charge on any atom is -0.467 e. The summed E-state index contributed by atoms with van der Waals surface area (Å²) >= 11 is 0. The molecule has 0 saturated carbocycles. The first-order valence-electron chi connectivity index (χ1n) is 7.60. The van der Waals surface area contributed by atoms with Gasteiger partial charge in [-0.15, -0.1) is 0 Å². The average molecular weight is 301 g/mol. The molecule has 0 aliphatic carbocycles. The Balaban J connectivity index is 1.99. The van der Waals surface area contributed by atoms with Crippen LogP contribution in [0.5, 0.6) is 0 Å². The fourth-order valence-electron chi connectivity index (χ4n) is 2.21. The molecule has 0 unspecified atom stereocenters. The van der Waals surface area contributed by atoms with Crippen molar-refractivity contribution in [3.63, 3.8) is 0 Å². The largest absolute Gasteiger partial charge is 0.467 e. The van der Waals surface area contributed by atoms with Gasteiger partial charge in [0.05, 0.1) is 18.8 Å². The van der Waals surface area contributed by atoms with Crippen LogP contribution < -0.4 is 5.32 Å². The number of carbonyl (C=O) groups excluding carboxylic acids is 1. The summed E-state index contributed by atoms with van der Waals surface area (Å²) in [7, 11) is 0. The van der Waals surface area contributed by atoms with Gasteiger partial charge in [-0.1, -0.05) is 13.0 Å². The molecule has 0 radical (unpaired) electrons. The summed E-state index contributed by atoms with van der Waals surface area (Å²) in [6.07, 6.45) is 4.32. The number of nitrogens with one attached hydrogen (secondary N) is 1. The van der Waals surface area contributed by atoms with Gasteiger partial charge >= 0.3 is 6.03 Å². The Hall–Kier alpha value is -2.30. The van der Waals surface area contributed by atoms with Gasteiger partial charge in [0.25, 0.3) is 0 Å². The van der Waals surface area contributed by atoms with Crippen molar-refractivity contribution >= 4 is 6.03 Å². The smallest absolute Gasteiger partial charge is 0.318 e. The summed E-state index contributed by atoms with van der Waals surface area (Å²) < 4.78 is 5.33. The van der Waals surface area contributed by atoms with Crippen molar-refractivity contribution in [3.8, 4) is 0 Å². The van der Waals surface area contributed by atoms with Crippen LogP contribution in [0.25, 0.3) is 0 Å². The van der Waals surface area contributed by atoms with E-state index in [9.17, 15) is 4.79 Å². The van der Waals surface area contributed by atoms with Crippen LogP contribution in [0.3, 0.4) is 0 Å². The van der Waals surface area contributed by atoms with Gasteiger partial charge < -0.3 is 14.6 Å². The molecule has 22 heavy (non-hydrogen) atoms. The number of nitrogens with zero attached hydrogens (tertiary/aromatic N) is 2. The maximum absolute atomic E-state index is 12.5. The molecule has 5 nitrogen and oxygen atoms in total. The molecular formula is C17H23N3O2. The molecule has 2 aromatic heterocycles. The van der Waals surface area contributed by atoms with Crippen LogP contribution in [-0.4, -0.2) is 22.5 Å². The molecular weight excluding hydrogens is 278 g/mol. The van der Waals surface area contributed by atoms with E-state index < -0.39 is 0 Å². The van der Waals surface area contributed by atoms with Gasteiger partial charge in [0, 0.05) is 18.4 Å². The van der Waals surface area contributed by atoms with Crippen LogP contribution in [0, 0.1) is 6.92 Å². The SMILES string of the molecule is CCCN(Cc1ccco1)C(=O)N[C@@H](C)c1ccc(C)nc1. The molecule has 2 heterocycles. The number of pyridine rings is 1. The molecule has 0 saturated heterocycles. The normalized spacial score (nSPS) is 12.0. The monoisotopic (exact) mass is 301 g/mol. The lowest BCUT2D eigenvalue weighted by molar-refractivity contribution is 0.187. The Kier molecular flexibility index (Phi) is 5.58. The summed E-state index contributed by atoms with van der Waals surface area (Å²) in [5, 5.41) is 3.02. The summed E-state index contributed by atoms with van der Waals surface area (Å²) in [6.45, 7) is 7.12. The van der Waals surface area contributed by atoms with Gasteiger partial charge in [-0.3, -0.25) is 4.98 Å². The second-order valence-corrected chi connectivity index (χ2v) is 5.41. The minimum atomic E-state index is -0.0914. The van der Waals surface area contributed by atoms with E-state index in [1.807, 2.05) is 38.1 Å². The molecule has 2 aromatic rings. The van der Waals surface area contributed by atoms with Crippen LogP contribution in [0.15, 0.2) is 41.1 Å². The van der Waals surface area contributed by atoms with Crippen molar-refractivity contribution in [2.75, 3.05) is 6.54 Å². The van der Waals surface area contributed by atoms with E-state index in [-0.39, 0.29) is 12.1 Å². The van der Waals surface area contributed by atoms with Crippen LogP contribution in [0.4, 0.5) is 4.79 Å². The quantitative estimate of drug-likeness (QED) is 0.885. The Morgan fingerprint density at radius 2 is 2.23 bits per heavy atom. The molecule has 0 aliphatic rings. The highest BCUT2D eigenvalue weighted by Gasteiger charge is 2.17. The molecule has 0 bridgehead atoms. The first kappa shape index (κ1) is 16.1. The van der Waals surface area contributed by atoms with Crippen molar-refractivity contribution in [1.82, 2.24) is 15.2 Å². The number of rotatable bonds is 6. The van der Waals surface area contributed by atoms with Crippen LogP contribution in [-0.2, 0) is 6.54 Å². The van der Waals surface area contributed by atoms with Gasteiger partial charge in [-0.2, -0.15) is 0 Å². The predicted molar refractivity (Wildman–Crippen MR) is 85.3 cm³/mol. The maximum atomic E-state index is 12.5. The van der Waals surface area contributed by atoms with Crippen LogP contribution in [0.1, 0.15) is 43.3 Å². The number of hydrogen-bond acceptors (Lipinski definition) is 3. The van der Waals surface area contributed by atoms with E-state index in [1.54, 1.807) is 17.4 Å². The number of aromatic nitrogens is 1. The highest BCUT2D eigenvalue weighted by Crippen LogP contribution is 2.13. The van der Waals surface area contributed by atoms with Crippen molar-refractivity contribution in [2.45, 2.75) is 39.8 Å². The average Bonchev–Trinajstić information content (AvgIpc) is 3.00. The fourth-order valence-corrected chi connectivity index (χ4v) is 2.21. The van der Waals surface area contributed by atoms with Crippen molar-refractivity contribution in [3.05, 3.63) is 53.7 Å². The molecule has 0 fully saturated rings. The van der Waals surface area contributed by atoms with E-state index in [0.29, 0.717) is 13.1 Å². The molecule has 0 aromatic carbocycles. The number of carbonyl (C=O) groups is 1. The lowest BCUT2D eigenvalue weighted by Crippen LogP contribution is -2.41. The summed E-state index contributed by atoms with van der Waals surface area (Å²) in [5.41, 5.74) is 1.96. The third-order valence-electron chi connectivity index (χ3n) is 3.48. The maximum Gasteiger partial charge on any atom is 0.318 e. The zero-order valence-electron chi connectivity index (χ0n) is 13.4. The first-order valence-corrected chi connectivity index (χ1v) is 7.60. The molecule has 2 rings (SSSR count). The fraction of sp³-hybridized carbons (Fsp3) is 0.412. The second kappa shape index (κ2) is 7.64.